The predicted octanol–water partition coefficient (Wildman–Crippen LogP) is 5.08. The minimum atomic E-state index is -0.298. The van der Waals surface area contributed by atoms with Crippen LogP contribution in [-0.2, 0) is 6.54 Å². The van der Waals surface area contributed by atoms with Crippen molar-refractivity contribution < 1.29 is 4.42 Å². The average Bonchev–Trinajstić information content (AvgIpc) is 2.59. The lowest BCUT2D eigenvalue weighted by atomic mass is 9.95. The molecular formula is C22H25NO2. The largest absolute Gasteiger partial charge is 0.423 e. The standard InChI is InChI=1S/C22H25NO2/c1-14(2)19-12-20-18(11-22(24)25-21(20)10-15(19)3)13-23-16(4)17-8-6-5-7-9-17/h5-12,14,16,23H,13H2,1-4H3/t16-/m0/s1. The van der Waals surface area contributed by atoms with Crippen LogP contribution in [0.4, 0.5) is 0 Å². The van der Waals surface area contributed by atoms with Gasteiger partial charge in [-0.15, -0.1) is 0 Å². The van der Waals surface area contributed by atoms with Gasteiger partial charge in [0.2, 0.25) is 0 Å². The van der Waals surface area contributed by atoms with Gasteiger partial charge in [0.1, 0.15) is 5.58 Å². The van der Waals surface area contributed by atoms with Crippen molar-refractivity contribution in [3.05, 3.63) is 81.2 Å². The van der Waals surface area contributed by atoms with Crippen molar-refractivity contribution in [2.45, 2.75) is 46.2 Å². The molecule has 0 unspecified atom stereocenters. The topological polar surface area (TPSA) is 42.2 Å². The number of hydrogen-bond donors (Lipinski definition) is 1. The highest BCUT2D eigenvalue weighted by Crippen LogP contribution is 2.27. The lowest BCUT2D eigenvalue weighted by Gasteiger charge is -2.16. The Labute approximate surface area is 148 Å². The molecule has 1 aromatic heterocycles. The molecule has 2 aromatic carbocycles. The number of aryl methyl sites for hydroxylation is 1. The fourth-order valence-corrected chi connectivity index (χ4v) is 3.28. The molecule has 0 spiro atoms. The van der Waals surface area contributed by atoms with Crippen LogP contribution in [0.25, 0.3) is 11.0 Å². The second-order valence-corrected chi connectivity index (χ2v) is 6.96. The molecule has 3 heteroatoms. The van der Waals surface area contributed by atoms with Crippen LogP contribution in [-0.4, -0.2) is 0 Å². The smallest absolute Gasteiger partial charge is 0.336 e. The number of fused-ring (bicyclic) bond motifs is 1. The lowest BCUT2D eigenvalue weighted by molar-refractivity contribution is 0.547. The average molecular weight is 335 g/mol. The molecule has 3 nitrogen and oxygen atoms in total. The summed E-state index contributed by atoms with van der Waals surface area (Å²) >= 11 is 0. The quantitative estimate of drug-likeness (QED) is 0.662. The number of nitrogens with one attached hydrogen (secondary N) is 1. The number of rotatable bonds is 5. The van der Waals surface area contributed by atoms with Crippen LogP contribution in [0.1, 0.15) is 55.0 Å². The summed E-state index contributed by atoms with van der Waals surface area (Å²) in [5.41, 5.74) is 5.03. The zero-order valence-corrected chi connectivity index (χ0v) is 15.3. The third-order valence-electron chi connectivity index (χ3n) is 4.74. The van der Waals surface area contributed by atoms with Crippen molar-refractivity contribution >= 4 is 11.0 Å². The van der Waals surface area contributed by atoms with E-state index in [1.165, 1.54) is 11.1 Å². The van der Waals surface area contributed by atoms with Crippen LogP contribution < -0.4 is 10.9 Å². The minimum absolute atomic E-state index is 0.207. The molecule has 0 aliphatic heterocycles. The van der Waals surface area contributed by atoms with Gasteiger partial charge < -0.3 is 9.73 Å². The van der Waals surface area contributed by atoms with Crippen LogP contribution >= 0.6 is 0 Å². The second kappa shape index (κ2) is 7.24. The molecule has 3 aromatic rings. The first-order valence-corrected chi connectivity index (χ1v) is 8.81. The third kappa shape index (κ3) is 3.83. The molecule has 1 atom stereocenters. The highest BCUT2D eigenvalue weighted by atomic mass is 16.4. The molecule has 0 radical (unpaired) electrons. The number of benzene rings is 2. The van der Waals surface area contributed by atoms with Crippen LogP contribution in [0.5, 0.6) is 0 Å². The van der Waals surface area contributed by atoms with Gasteiger partial charge in [0.05, 0.1) is 0 Å². The summed E-state index contributed by atoms with van der Waals surface area (Å²) in [6.07, 6.45) is 0. The monoisotopic (exact) mass is 335 g/mol. The van der Waals surface area contributed by atoms with Gasteiger partial charge in [-0.2, -0.15) is 0 Å². The van der Waals surface area contributed by atoms with Crippen molar-refractivity contribution in [3.8, 4) is 0 Å². The van der Waals surface area contributed by atoms with Gasteiger partial charge in [0.15, 0.2) is 0 Å². The Hall–Kier alpha value is -2.39. The summed E-state index contributed by atoms with van der Waals surface area (Å²) in [6.45, 7) is 9.19. The summed E-state index contributed by atoms with van der Waals surface area (Å²) < 4.78 is 5.43. The Kier molecular flexibility index (Phi) is 5.05. The van der Waals surface area contributed by atoms with E-state index in [-0.39, 0.29) is 11.7 Å². The molecule has 3 rings (SSSR count). The molecule has 1 N–H and O–H groups in total. The normalized spacial score (nSPS) is 12.7. The SMILES string of the molecule is Cc1cc2oc(=O)cc(CN[C@@H](C)c3ccccc3)c2cc1C(C)C. The summed E-state index contributed by atoms with van der Waals surface area (Å²) in [5.74, 6) is 0.431. The first-order chi connectivity index (χ1) is 12.0. The van der Waals surface area contributed by atoms with Crippen molar-refractivity contribution in [2.24, 2.45) is 0 Å². The van der Waals surface area contributed by atoms with Crippen LogP contribution in [0.3, 0.4) is 0 Å². The zero-order valence-electron chi connectivity index (χ0n) is 15.3. The van der Waals surface area contributed by atoms with E-state index in [4.69, 9.17) is 4.42 Å². The molecule has 0 amide bonds. The highest BCUT2D eigenvalue weighted by molar-refractivity contribution is 5.82. The first-order valence-electron chi connectivity index (χ1n) is 8.81. The van der Waals surface area contributed by atoms with Crippen LogP contribution in [0.2, 0.25) is 0 Å². The zero-order chi connectivity index (χ0) is 18.0. The summed E-state index contributed by atoms with van der Waals surface area (Å²) in [7, 11) is 0. The van der Waals surface area contributed by atoms with Gasteiger partial charge in [-0.25, -0.2) is 4.79 Å². The Bertz CT molecular complexity index is 926. The molecule has 1 heterocycles. The molecule has 130 valence electrons. The number of hydrogen-bond acceptors (Lipinski definition) is 3. The minimum Gasteiger partial charge on any atom is -0.423 e. The maximum Gasteiger partial charge on any atom is 0.336 e. The Morgan fingerprint density at radius 3 is 2.44 bits per heavy atom. The van der Waals surface area contributed by atoms with E-state index in [0.717, 1.165) is 16.5 Å². The van der Waals surface area contributed by atoms with Crippen molar-refractivity contribution in [3.63, 3.8) is 0 Å². The van der Waals surface area contributed by atoms with Gasteiger partial charge in [-0.05, 0) is 54.2 Å². The molecular weight excluding hydrogens is 310 g/mol. The van der Waals surface area contributed by atoms with Crippen LogP contribution in [0, 0.1) is 6.92 Å². The lowest BCUT2D eigenvalue weighted by Crippen LogP contribution is -2.19. The van der Waals surface area contributed by atoms with Gasteiger partial charge in [-0.3, -0.25) is 0 Å². The molecule has 0 bridgehead atoms. The highest BCUT2D eigenvalue weighted by Gasteiger charge is 2.12. The van der Waals surface area contributed by atoms with Crippen molar-refractivity contribution in [1.82, 2.24) is 5.32 Å². The van der Waals surface area contributed by atoms with Crippen molar-refractivity contribution in [1.29, 1.82) is 0 Å². The Morgan fingerprint density at radius 2 is 1.76 bits per heavy atom. The predicted molar refractivity (Wildman–Crippen MR) is 103 cm³/mol. The molecule has 0 aliphatic rings. The summed E-state index contributed by atoms with van der Waals surface area (Å²) in [5, 5.41) is 4.53. The third-order valence-corrected chi connectivity index (χ3v) is 4.74. The molecule has 0 aliphatic carbocycles. The molecule has 0 saturated carbocycles. The Balaban J connectivity index is 1.95. The Morgan fingerprint density at radius 1 is 1.04 bits per heavy atom. The van der Waals surface area contributed by atoms with Gasteiger partial charge in [0, 0.05) is 24.0 Å². The maximum atomic E-state index is 12.0. The molecule has 25 heavy (non-hydrogen) atoms. The maximum absolute atomic E-state index is 12.0. The van der Waals surface area contributed by atoms with Crippen molar-refractivity contribution in [2.75, 3.05) is 0 Å². The van der Waals surface area contributed by atoms with E-state index in [1.807, 2.05) is 24.3 Å². The molecule has 0 fully saturated rings. The van der Waals surface area contributed by atoms with Crippen LogP contribution in [0.15, 0.2) is 57.7 Å². The summed E-state index contributed by atoms with van der Waals surface area (Å²) in [6, 6.07) is 16.3. The fourth-order valence-electron chi connectivity index (χ4n) is 3.28. The van der Waals surface area contributed by atoms with E-state index in [9.17, 15) is 4.79 Å². The van der Waals surface area contributed by atoms with E-state index in [1.54, 1.807) is 6.07 Å². The fraction of sp³-hybridized carbons (Fsp3) is 0.318. The second-order valence-electron chi connectivity index (χ2n) is 6.96. The first kappa shape index (κ1) is 17.4. The van der Waals surface area contributed by atoms with E-state index >= 15 is 0 Å². The van der Waals surface area contributed by atoms with E-state index in [2.05, 4.69) is 51.2 Å². The summed E-state index contributed by atoms with van der Waals surface area (Å²) in [4.78, 5) is 12.0. The van der Waals surface area contributed by atoms with E-state index < -0.39 is 0 Å². The van der Waals surface area contributed by atoms with Gasteiger partial charge in [0.25, 0.3) is 0 Å². The van der Waals surface area contributed by atoms with Gasteiger partial charge in [-0.1, -0.05) is 44.2 Å². The van der Waals surface area contributed by atoms with E-state index in [0.29, 0.717) is 18.0 Å². The molecule has 0 saturated heterocycles. The van der Waals surface area contributed by atoms with Gasteiger partial charge >= 0.3 is 5.63 Å².